The number of benzene rings is 3. The predicted octanol–water partition coefficient (Wildman–Crippen LogP) is 6.43. The standard InChI is InChI=1S/C26H24N2OS/c1-17-13-15-19(16-14-17)30-25-21-10-4-5-11-23(21)27-24(25)26(29)28-22-12-6-8-18-7-2-3-9-20(18)22/h2-5,7,9-11,13-16,22,27H,6,8,12H2,1H3,(H,28,29)/t22-/m1/s1. The van der Waals surface area contributed by atoms with Crippen molar-refractivity contribution in [1.29, 1.82) is 0 Å². The third-order valence-corrected chi connectivity index (χ3v) is 6.94. The number of rotatable bonds is 4. The van der Waals surface area contributed by atoms with Crippen LogP contribution in [0, 0.1) is 6.92 Å². The molecule has 0 fully saturated rings. The Morgan fingerprint density at radius 1 is 1.00 bits per heavy atom. The summed E-state index contributed by atoms with van der Waals surface area (Å²) in [4.78, 5) is 18.9. The van der Waals surface area contributed by atoms with Crippen LogP contribution in [0.25, 0.3) is 10.9 Å². The van der Waals surface area contributed by atoms with E-state index in [1.165, 1.54) is 16.7 Å². The van der Waals surface area contributed by atoms with E-state index in [0.717, 1.165) is 40.0 Å². The molecule has 3 nitrogen and oxygen atoms in total. The molecule has 150 valence electrons. The first-order chi connectivity index (χ1) is 14.7. The van der Waals surface area contributed by atoms with Crippen LogP contribution < -0.4 is 5.32 Å². The number of hydrogen-bond donors (Lipinski definition) is 2. The van der Waals surface area contributed by atoms with Gasteiger partial charge in [0.1, 0.15) is 5.69 Å². The quantitative estimate of drug-likeness (QED) is 0.405. The summed E-state index contributed by atoms with van der Waals surface area (Å²) in [6.45, 7) is 2.08. The number of nitrogens with one attached hydrogen (secondary N) is 2. The highest BCUT2D eigenvalue weighted by molar-refractivity contribution is 7.99. The van der Waals surface area contributed by atoms with Crippen molar-refractivity contribution >= 4 is 28.6 Å². The van der Waals surface area contributed by atoms with Gasteiger partial charge in [0, 0.05) is 15.8 Å². The number of aromatic nitrogens is 1. The summed E-state index contributed by atoms with van der Waals surface area (Å²) >= 11 is 1.64. The minimum Gasteiger partial charge on any atom is -0.350 e. The van der Waals surface area contributed by atoms with Gasteiger partial charge in [-0.2, -0.15) is 0 Å². The van der Waals surface area contributed by atoms with Crippen molar-refractivity contribution in [1.82, 2.24) is 10.3 Å². The minimum atomic E-state index is -0.0393. The van der Waals surface area contributed by atoms with Gasteiger partial charge in [-0.3, -0.25) is 4.79 Å². The van der Waals surface area contributed by atoms with E-state index in [0.29, 0.717) is 5.69 Å². The third kappa shape index (κ3) is 3.63. The first-order valence-electron chi connectivity index (χ1n) is 10.4. The molecule has 1 aliphatic carbocycles. The van der Waals surface area contributed by atoms with Crippen LogP contribution in [0.1, 0.15) is 46.1 Å². The van der Waals surface area contributed by atoms with E-state index >= 15 is 0 Å². The predicted molar refractivity (Wildman–Crippen MR) is 123 cm³/mol. The number of aryl methyl sites for hydroxylation is 2. The van der Waals surface area contributed by atoms with Crippen LogP contribution in [-0.2, 0) is 6.42 Å². The van der Waals surface area contributed by atoms with Gasteiger partial charge in [0.2, 0.25) is 0 Å². The number of H-pyrrole nitrogens is 1. The van der Waals surface area contributed by atoms with Gasteiger partial charge in [0.15, 0.2) is 0 Å². The van der Waals surface area contributed by atoms with Crippen molar-refractivity contribution in [2.75, 3.05) is 0 Å². The molecule has 1 amide bonds. The van der Waals surface area contributed by atoms with Crippen LogP contribution in [-0.4, -0.2) is 10.9 Å². The van der Waals surface area contributed by atoms with Crippen molar-refractivity contribution in [3.63, 3.8) is 0 Å². The number of carbonyl (C=O) groups is 1. The molecule has 0 radical (unpaired) electrons. The Bertz CT molecular complexity index is 1210. The average Bonchev–Trinajstić information content (AvgIpc) is 3.14. The van der Waals surface area contributed by atoms with Crippen molar-refractivity contribution in [2.45, 2.75) is 42.0 Å². The zero-order valence-corrected chi connectivity index (χ0v) is 17.8. The fraction of sp³-hybridized carbons (Fsp3) is 0.192. The number of para-hydroxylation sites is 1. The normalized spacial score (nSPS) is 15.7. The van der Waals surface area contributed by atoms with Crippen molar-refractivity contribution in [3.8, 4) is 0 Å². The summed E-state index contributed by atoms with van der Waals surface area (Å²) < 4.78 is 0. The molecule has 0 saturated carbocycles. The first kappa shape index (κ1) is 19.0. The number of hydrogen-bond acceptors (Lipinski definition) is 2. The fourth-order valence-electron chi connectivity index (χ4n) is 4.24. The summed E-state index contributed by atoms with van der Waals surface area (Å²) in [5.41, 5.74) is 5.46. The lowest BCUT2D eigenvalue weighted by Crippen LogP contribution is -2.31. The molecule has 5 rings (SSSR count). The zero-order chi connectivity index (χ0) is 20.5. The first-order valence-corrected chi connectivity index (χ1v) is 11.2. The molecule has 1 heterocycles. The monoisotopic (exact) mass is 412 g/mol. The van der Waals surface area contributed by atoms with E-state index in [9.17, 15) is 4.79 Å². The SMILES string of the molecule is Cc1ccc(Sc2c(C(=O)N[C@@H]3CCCc4ccccc43)[nH]c3ccccc23)cc1. The van der Waals surface area contributed by atoms with Crippen LogP contribution >= 0.6 is 11.8 Å². The molecule has 1 aliphatic rings. The maximum Gasteiger partial charge on any atom is 0.269 e. The Kier molecular flexibility index (Phi) is 5.09. The molecule has 4 aromatic rings. The van der Waals surface area contributed by atoms with Crippen LogP contribution in [0.5, 0.6) is 0 Å². The van der Waals surface area contributed by atoms with Gasteiger partial charge in [0.25, 0.3) is 5.91 Å². The maximum atomic E-state index is 13.4. The van der Waals surface area contributed by atoms with E-state index in [1.807, 2.05) is 18.2 Å². The molecular formula is C26H24N2OS. The smallest absolute Gasteiger partial charge is 0.269 e. The molecule has 0 spiro atoms. The number of aromatic amines is 1. The largest absolute Gasteiger partial charge is 0.350 e. The lowest BCUT2D eigenvalue weighted by molar-refractivity contribution is 0.0925. The molecule has 3 aromatic carbocycles. The van der Waals surface area contributed by atoms with Gasteiger partial charge in [-0.05, 0) is 55.5 Å². The van der Waals surface area contributed by atoms with Crippen LogP contribution in [0.15, 0.2) is 82.6 Å². The molecular weight excluding hydrogens is 388 g/mol. The van der Waals surface area contributed by atoms with E-state index in [2.05, 4.69) is 71.8 Å². The number of carbonyl (C=O) groups excluding carboxylic acids is 1. The Hall–Kier alpha value is -2.98. The van der Waals surface area contributed by atoms with Gasteiger partial charge in [-0.1, -0.05) is 71.9 Å². The summed E-state index contributed by atoms with van der Waals surface area (Å²) in [7, 11) is 0. The van der Waals surface area contributed by atoms with Crippen LogP contribution in [0.2, 0.25) is 0 Å². The molecule has 0 unspecified atom stereocenters. The summed E-state index contributed by atoms with van der Waals surface area (Å²) in [5.74, 6) is -0.0393. The van der Waals surface area contributed by atoms with Crippen molar-refractivity contribution in [2.24, 2.45) is 0 Å². The second-order valence-corrected chi connectivity index (χ2v) is 8.99. The average molecular weight is 413 g/mol. The molecule has 0 bridgehead atoms. The minimum absolute atomic E-state index is 0.0393. The molecule has 1 aromatic heterocycles. The Morgan fingerprint density at radius 3 is 2.63 bits per heavy atom. The van der Waals surface area contributed by atoms with E-state index in [-0.39, 0.29) is 11.9 Å². The van der Waals surface area contributed by atoms with Gasteiger partial charge < -0.3 is 10.3 Å². The summed E-state index contributed by atoms with van der Waals surface area (Å²) in [6, 6.07) is 25.1. The molecule has 4 heteroatoms. The molecule has 2 N–H and O–H groups in total. The Balaban J connectivity index is 1.49. The van der Waals surface area contributed by atoms with Crippen LogP contribution in [0.3, 0.4) is 0 Å². The summed E-state index contributed by atoms with van der Waals surface area (Å²) in [6.07, 6.45) is 3.16. The Labute approximate surface area is 180 Å². The number of amides is 1. The second-order valence-electron chi connectivity index (χ2n) is 7.91. The van der Waals surface area contributed by atoms with Gasteiger partial charge >= 0.3 is 0 Å². The highest BCUT2D eigenvalue weighted by atomic mass is 32.2. The van der Waals surface area contributed by atoms with Gasteiger partial charge in [-0.25, -0.2) is 0 Å². The topological polar surface area (TPSA) is 44.9 Å². The number of fused-ring (bicyclic) bond motifs is 2. The third-order valence-electron chi connectivity index (χ3n) is 5.80. The van der Waals surface area contributed by atoms with Crippen molar-refractivity contribution < 1.29 is 4.79 Å². The van der Waals surface area contributed by atoms with E-state index < -0.39 is 0 Å². The van der Waals surface area contributed by atoms with E-state index in [4.69, 9.17) is 0 Å². The Morgan fingerprint density at radius 2 is 1.77 bits per heavy atom. The highest BCUT2D eigenvalue weighted by Crippen LogP contribution is 2.37. The van der Waals surface area contributed by atoms with Gasteiger partial charge in [-0.15, -0.1) is 0 Å². The highest BCUT2D eigenvalue weighted by Gasteiger charge is 2.25. The molecule has 1 atom stereocenters. The van der Waals surface area contributed by atoms with Gasteiger partial charge in [0.05, 0.1) is 10.9 Å². The molecule has 30 heavy (non-hydrogen) atoms. The fourth-order valence-corrected chi connectivity index (χ4v) is 5.28. The lowest BCUT2D eigenvalue weighted by Gasteiger charge is -2.26. The summed E-state index contributed by atoms with van der Waals surface area (Å²) in [5, 5.41) is 4.38. The van der Waals surface area contributed by atoms with Crippen molar-refractivity contribution in [3.05, 3.63) is 95.2 Å². The maximum absolute atomic E-state index is 13.4. The molecule has 0 aliphatic heterocycles. The molecule has 0 saturated heterocycles. The van der Waals surface area contributed by atoms with Crippen LogP contribution in [0.4, 0.5) is 0 Å². The lowest BCUT2D eigenvalue weighted by atomic mass is 9.87. The second kappa shape index (κ2) is 8.04. The zero-order valence-electron chi connectivity index (χ0n) is 16.9. The van der Waals surface area contributed by atoms with E-state index in [1.54, 1.807) is 11.8 Å².